The monoisotopic (exact) mass is 287 g/mol. The number of nitrogens with one attached hydrogen (secondary N) is 1. The first-order chi connectivity index (χ1) is 10.2. The van der Waals surface area contributed by atoms with Crippen molar-refractivity contribution < 1.29 is 9.84 Å². The minimum absolute atomic E-state index is 0.0845. The molecule has 0 saturated heterocycles. The van der Waals surface area contributed by atoms with Gasteiger partial charge in [-0.3, -0.25) is 0 Å². The van der Waals surface area contributed by atoms with Gasteiger partial charge in [0.05, 0.1) is 6.61 Å². The molecule has 2 aromatic rings. The topological polar surface area (TPSA) is 41.5 Å². The number of benzene rings is 2. The summed E-state index contributed by atoms with van der Waals surface area (Å²) in [6, 6.07) is 12.4. The van der Waals surface area contributed by atoms with E-state index in [1.165, 1.54) is 0 Å². The number of hydrogen-bond acceptors (Lipinski definition) is 3. The Kier molecular flexibility index (Phi) is 5.59. The Morgan fingerprint density at radius 2 is 1.95 bits per heavy atom. The number of hydrogen-bond donors (Lipinski definition) is 2. The zero-order valence-electron chi connectivity index (χ0n) is 13.1. The van der Waals surface area contributed by atoms with Crippen LogP contribution < -0.4 is 5.32 Å². The minimum Gasteiger partial charge on any atom is -0.507 e. The third-order valence-electron chi connectivity index (χ3n) is 3.89. The fraction of sp³-hybridized carbons (Fsp3) is 0.444. The third-order valence-corrected chi connectivity index (χ3v) is 3.89. The number of methoxy groups -OCH3 is 1. The molecule has 21 heavy (non-hydrogen) atoms. The zero-order chi connectivity index (χ0) is 15.2. The molecule has 0 heterocycles. The van der Waals surface area contributed by atoms with Crippen LogP contribution >= 0.6 is 0 Å². The van der Waals surface area contributed by atoms with Crippen LogP contribution in [0.1, 0.15) is 38.3 Å². The van der Waals surface area contributed by atoms with Crippen molar-refractivity contribution >= 4 is 10.8 Å². The van der Waals surface area contributed by atoms with Gasteiger partial charge in [-0.15, -0.1) is 0 Å². The lowest BCUT2D eigenvalue weighted by atomic mass is 10.00. The van der Waals surface area contributed by atoms with Gasteiger partial charge in [0.15, 0.2) is 0 Å². The number of phenolic OH excluding ortho intramolecular Hbond substituents is 1. The van der Waals surface area contributed by atoms with Crippen LogP contribution in [0.15, 0.2) is 36.4 Å². The van der Waals surface area contributed by atoms with Crippen LogP contribution in [0.5, 0.6) is 5.75 Å². The van der Waals surface area contributed by atoms with E-state index in [1.54, 1.807) is 7.11 Å². The van der Waals surface area contributed by atoms with Gasteiger partial charge < -0.3 is 15.2 Å². The molecule has 2 unspecified atom stereocenters. The highest BCUT2D eigenvalue weighted by atomic mass is 16.5. The second-order valence-corrected chi connectivity index (χ2v) is 5.55. The van der Waals surface area contributed by atoms with Crippen molar-refractivity contribution in [3.8, 4) is 5.75 Å². The average Bonchev–Trinajstić information content (AvgIpc) is 2.48. The normalized spacial score (nSPS) is 14.2. The summed E-state index contributed by atoms with van der Waals surface area (Å²) < 4.78 is 5.27. The lowest BCUT2D eigenvalue weighted by molar-refractivity contribution is 0.157. The summed E-state index contributed by atoms with van der Waals surface area (Å²) in [5.41, 5.74) is 0.936. The summed E-state index contributed by atoms with van der Waals surface area (Å²) in [7, 11) is 1.72. The van der Waals surface area contributed by atoms with Crippen molar-refractivity contribution in [2.75, 3.05) is 13.7 Å². The van der Waals surface area contributed by atoms with Crippen molar-refractivity contribution in [1.29, 1.82) is 0 Å². The summed E-state index contributed by atoms with van der Waals surface area (Å²) in [5.74, 6) is 0.376. The van der Waals surface area contributed by atoms with Crippen LogP contribution in [-0.4, -0.2) is 24.9 Å². The van der Waals surface area contributed by atoms with Gasteiger partial charge in [-0.05, 0) is 18.7 Å². The molecular formula is C18H25NO2. The highest BCUT2D eigenvalue weighted by Crippen LogP contribution is 2.32. The SMILES string of the molecule is CCCC(COC)NC(C)c1ccc2ccccc2c1O. The lowest BCUT2D eigenvalue weighted by Crippen LogP contribution is -2.35. The van der Waals surface area contributed by atoms with Crippen LogP contribution in [0.25, 0.3) is 10.8 Å². The summed E-state index contributed by atoms with van der Waals surface area (Å²) in [5, 5.41) is 16.0. The maximum absolute atomic E-state index is 10.5. The Morgan fingerprint density at radius 1 is 1.19 bits per heavy atom. The molecule has 0 saturated carbocycles. The average molecular weight is 287 g/mol. The molecule has 0 amide bonds. The largest absolute Gasteiger partial charge is 0.507 e. The first-order valence-corrected chi connectivity index (χ1v) is 7.63. The Labute approximate surface area is 126 Å². The summed E-state index contributed by atoms with van der Waals surface area (Å²) in [4.78, 5) is 0. The highest BCUT2D eigenvalue weighted by Gasteiger charge is 2.16. The molecule has 0 fully saturated rings. The molecule has 0 aliphatic rings. The van der Waals surface area contributed by atoms with Gasteiger partial charge in [0, 0.05) is 30.1 Å². The first-order valence-electron chi connectivity index (χ1n) is 7.63. The quantitative estimate of drug-likeness (QED) is 0.808. The zero-order valence-corrected chi connectivity index (χ0v) is 13.1. The van der Waals surface area contributed by atoms with Crippen LogP contribution in [0.2, 0.25) is 0 Å². The number of fused-ring (bicyclic) bond motifs is 1. The highest BCUT2D eigenvalue weighted by molar-refractivity contribution is 5.89. The van der Waals surface area contributed by atoms with Crippen molar-refractivity contribution in [2.45, 2.75) is 38.8 Å². The number of rotatable bonds is 7. The molecule has 3 nitrogen and oxygen atoms in total. The van der Waals surface area contributed by atoms with Crippen LogP contribution in [0.3, 0.4) is 0 Å². The molecule has 2 N–H and O–H groups in total. The van der Waals surface area contributed by atoms with Crippen LogP contribution in [-0.2, 0) is 4.74 Å². The second-order valence-electron chi connectivity index (χ2n) is 5.55. The number of phenols is 1. The number of aromatic hydroxyl groups is 1. The smallest absolute Gasteiger partial charge is 0.128 e. The Bertz CT molecular complexity index is 576. The fourth-order valence-corrected chi connectivity index (χ4v) is 2.83. The molecule has 2 atom stereocenters. The molecule has 2 rings (SSSR count). The van der Waals surface area contributed by atoms with Gasteiger partial charge in [-0.25, -0.2) is 0 Å². The van der Waals surface area contributed by atoms with E-state index in [4.69, 9.17) is 4.74 Å². The Hall–Kier alpha value is -1.58. The number of ether oxygens (including phenoxy) is 1. The van der Waals surface area contributed by atoms with Gasteiger partial charge >= 0.3 is 0 Å². The molecular weight excluding hydrogens is 262 g/mol. The Morgan fingerprint density at radius 3 is 2.67 bits per heavy atom. The maximum Gasteiger partial charge on any atom is 0.128 e. The molecule has 0 aliphatic heterocycles. The molecule has 0 radical (unpaired) electrons. The van der Waals surface area contributed by atoms with E-state index in [1.807, 2.05) is 30.3 Å². The van der Waals surface area contributed by atoms with Gasteiger partial charge in [0.1, 0.15) is 5.75 Å². The summed E-state index contributed by atoms with van der Waals surface area (Å²) in [6.45, 7) is 4.94. The van der Waals surface area contributed by atoms with Crippen LogP contribution in [0, 0.1) is 0 Å². The minimum atomic E-state index is 0.0845. The van der Waals surface area contributed by atoms with Crippen molar-refractivity contribution in [3.05, 3.63) is 42.0 Å². The van der Waals surface area contributed by atoms with Gasteiger partial charge in [-0.2, -0.15) is 0 Å². The lowest BCUT2D eigenvalue weighted by Gasteiger charge is -2.23. The third kappa shape index (κ3) is 3.74. The molecule has 114 valence electrons. The van der Waals surface area contributed by atoms with Crippen molar-refractivity contribution in [1.82, 2.24) is 5.32 Å². The van der Waals surface area contributed by atoms with E-state index in [0.29, 0.717) is 18.4 Å². The first kappa shape index (κ1) is 15.8. The Balaban J connectivity index is 2.22. The summed E-state index contributed by atoms with van der Waals surface area (Å²) >= 11 is 0. The van der Waals surface area contributed by atoms with Gasteiger partial charge in [0.2, 0.25) is 0 Å². The van der Waals surface area contributed by atoms with Crippen molar-refractivity contribution in [3.63, 3.8) is 0 Å². The predicted octanol–water partition coefficient (Wildman–Crippen LogP) is 4.01. The molecule has 0 bridgehead atoms. The van der Waals surface area contributed by atoms with Crippen molar-refractivity contribution in [2.24, 2.45) is 0 Å². The second kappa shape index (κ2) is 7.43. The van der Waals surface area contributed by atoms with E-state index < -0.39 is 0 Å². The standard InChI is InChI=1S/C18H25NO2/c1-4-7-15(12-21-3)19-13(2)16-11-10-14-8-5-6-9-17(14)18(16)20/h5-6,8-11,13,15,19-20H,4,7,12H2,1-3H3. The summed E-state index contributed by atoms with van der Waals surface area (Å²) in [6.07, 6.45) is 2.17. The molecule has 2 aromatic carbocycles. The maximum atomic E-state index is 10.5. The molecule has 0 spiro atoms. The molecule has 0 aliphatic carbocycles. The van der Waals surface area contributed by atoms with E-state index in [-0.39, 0.29) is 6.04 Å². The molecule has 0 aromatic heterocycles. The van der Waals surface area contributed by atoms with E-state index in [2.05, 4.69) is 25.2 Å². The van der Waals surface area contributed by atoms with Crippen LogP contribution in [0.4, 0.5) is 0 Å². The molecule has 3 heteroatoms. The van der Waals surface area contributed by atoms with E-state index in [9.17, 15) is 5.11 Å². The fourth-order valence-electron chi connectivity index (χ4n) is 2.83. The predicted molar refractivity (Wildman–Crippen MR) is 87.7 cm³/mol. The van der Waals surface area contributed by atoms with E-state index in [0.717, 1.165) is 29.2 Å². The van der Waals surface area contributed by atoms with Gasteiger partial charge in [0.25, 0.3) is 0 Å². The van der Waals surface area contributed by atoms with Gasteiger partial charge in [-0.1, -0.05) is 49.7 Å². The van der Waals surface area contributed by atoms with E-state index >= 15 is 0 Å².